The molecule has 0 aliphatic carbocycles. The van der Waals surface area contributed by atoms with Gasteiger partial charge in [-0.1, -0.05) is 13.3 Å². The second-order valence-electron chi connectivity index (χ2n) is 4.67. The smallest absolute Gasteiger partial charge is 0.244 e. The van der Waals surface area contributed by atoms with Crippen LogP contribution in [0.15, 0.2) is 16.3 Å². The lowest BCUT2D eigenvalue weighted by atomic mass is 10.0. The number of sulfonamides is 1. The summed E-state index contributed by atoms with van der Waals surface area (Å²) in [5.74, 6) is 0.487. The lowest BCUT2D eigenvalue weighted by Crippen LogP contribution is -2.29. The van der Waals surface area contributed by atoms with E-state index in [4.69, 9.17) is 0 Å². The Kier molecular flexibility index (Phi) is 4.42. The van der Waals surface area contributed by atoms with Crippen LogP contribution in [-0.2, 0) is 16.6 Å². The molecule has 0 radical (unpaired) electrons. The number of nitrogens with zero attached hydrogens (tertiary/aromatic N) is 1. The highest BCUT2D eigenvalue weighted by Crippen LogP contribution is 2.30. The zero-order chi connectivity index (χ0) is 13.2. The number of aliphatic hydroxyl groups is 1. The second kappa shape index (κ2) is 5.69. The average molecular weight is 289 g/mol. The Morgan fingerprint density at radius 3 is 3.00 bits per heavy atom. The number of aliphatic hydroxyl groups excluding tert-OH is 1. The highest BCUT2D eigenvalue weighted by atomic mass is 32.2. The highest BCUT2D eigenvalue weighted by molar-refractivity contribution is 7.89. The summed E-state index contributed by atoms with van der Waals surface area (Å²) in [4.78, 5) is 0.820. The maximum atomic E-state index is 12.4. The molecule has 0 aromatic carbocycles. The van der Waals surface area contributed by atoms with Gasteiger partial charge in [-0.25, -0.2) is 8.42 Å². The summed E-state index contributed by atoms with van der Waals surface area (Å²) in [5.41, 5.74) is 0. The Hall–Kier alpha value is -0.430. The van der Waals surface area contributed by atoms with Gasteiger partial charge in [-0.05, 0) is 30.2 Å². The van der Waals surface area contributed by atoms with Gasteiger partial charge >= 0.3 is 0 Å². The van der Waals surface area contributed by atoms with Crippen LogP contribution in [0.4, 0.5) is 0 Å². The van der Waals surface area contributed by atoms with Crippen LogP contribution in [0.2, 0.25) is 0 Å². The fourth-order valence-corrected chi connectivity index (χ4v) is 5.27. The van der Waals surface area contributed by atoms with E-state index in [1.54, 1.807) is 15.8 Å². The molecule has 4 nitrogen and oxygen atoms in total. The number of hydrogen-bond donors (Lipinski definition) is 1. The van der Waals surface area contributed by atoms with E-state index in [9.17, 15) is 13.5 Å². The molecule has 2 rings (SSSR count). The van der Waals surface area contributed by atoms with E-state index < -0.39 is 10.0 Å². The molecule has 1 N–H and O–H groups in total. The van der Waals surface area contributed by atoms with Crippen molar-refractivity contribution < 1.29 is 13.5 Å². The van der Waals surface area contributed by atoms with E-state index in [0.29, 0.717) is 23.9 Å². The Morgan fingerprint density at radius 1 is 1.56 bits per heavy atom. The molecule has 0 amide bonds. The van der Waals surface area contributed by atoms with Crippen LogP contribution in [0.1, 0.15) is 31.1 Å². The van der Waals surface area contributed by atoms with Crippen molar-refractivity contribution in [2.75, 3.05) is 13.1 Å². The minimum atomic E-state index is -3.41. The molecular formula is C12H19NO3S2. The Bertz CT molecular complexity index is 495. The van der Waals surface area contributed by atoms with Crippen LogP contribution in [-0.4, -0.2) is 30.9 Å². The number of thiophene rings is 1. The predicted molar refractivity (Wildman–Crippen MR) is 72.0 cm³/mol. The van der Waals surface area contributed by atoms with Gasteiger partial charge in [0.25, 0.3) is 0 Å². The number of rotatable bonds is 5. The maximum absolute atomic E-state index is 12.4. The molecule has 2 heterocycles. The van der Waals surface area contributed by atoms with E-state index in [0.717, 1.165) is 19.3 Å². The third-order valence-corrected chi connectivity index (χ3v) is 6.40. The summed E-state index contributed by atoms with van der Waals surface area (Å²) in [6.45, 7) is 3.14. The second-order valence-corrected chi connectivity index (χ2v) is 7.58. The van der Waals surface area contributed by atoms with Crippen molar-refractivity contribution in [3.63, 3.8) is 0 Å². The van der Waals surface area contributed by atoms with E-state index in [-0.39, 0.29) is 11.5 Å². The van der Waals surface area contributed by atoms with E-state index in [1.807, 2.05) is 0 Å². The maximum Gasteiger partial charge on any atom is 0.244 e. The molecular weight excluding hydrogens is 270 g/mol. The van der Waals surface area contributed by atoms with Crippen molar-refractivity contribution >= 4 is 21.4 Å². The molecule has 1 aliphatic heterocycles. The van der Waals surface area contributed by atoms with Crippen LogP contribution in [0.5, 0.6) is 0 Å². The first-order valence-electron chi connectivity index (χ1n) is 6.27. The van der Waals surface area contributed by atoms with Crippen LogP contribution < -0.4 is 0 Å². The van der Waals surface area contributed by atoms with Gasteiger partial charge in [0.05, 0.1) is 11.5 Å². The van der Waals surface area contributed by atoms with Gasteiger partial charge in [-0.3, -0.25) is 0 Å². The normalized spacial score (nSPS) is 21.6. The summed E-state index contributed by atoms with van der Waals surface area (Å²) in [6.07, 6.45) is 3.13. The molecule has 0 saturated carbocycles. The molecule has 1 aliphatic rings. The third-order valence-electron chi connectivity index (χ3n) is 3.41. The van der Waals surface area contributed by atoms with Crippen molar-refractivity contribution in [3.05, 3.63) is 16.3 Å². The minimum Gasteiger partial charge on any atom is -0.391 e. The molecule has 1 aromatic rings. The molecule has 1 saturated heterocycles. The van der Waals surface area contributed by atoms with E-state index in [2.05, 4.69) is 6.92 Å². The first kappa shape index (κ1) is 14.0. The monoisotopic (exact) mass is 289 g/mol. The quantitative estimate of drug-likeness (QED) is 0.902. The van der Waals surface area contributed by atoms with Crippen molar-refractivity contribution in [1.29, 1.82) is 0 Å². The molecule has 1 aromatic heterocycles. The Morgan fingerprint density at radius 2 is 2.33 bits per heavy atom. The molecule has 6 heteroatoms. The van der Waals surface area contributed by atoms with Crippen molar-refractivity contribution in [2.45, 2.75) is 37.7 Å². The van der Waals surface area contributed by atoms with Crippen molar-refractivity contribution in [1.82, 2.24) is 4.31 Å². The summed E-state index contributed by atoms with van der Waals surface area (Å²) in [6, 6.07) is 1.60. The standard InChI is InChI=1S/C12H19NO3S2/c1-2-3-10-4-6-13(8-10)18(15,16)12-5-7-17-11(12)9-14/h5,7,10,14H,2-4,6,8-9H2,1H3. The van der Waals surface area contributed by atoms with Gasteiger partial charge < -0.3 is 5.11 Å². The largest absolute Gasteiger partial charge is 0.391 e. The summed E-state index contributed by atoms with van der Waals surface area (Å²) in [7, 11) is -3.41. The zero-order valence-electron chi connectivity index (χ0n) is 10.5. The van der Waals surface area contributed by atoms with Gasteiger partial charge in [0.15, 0.2) is 0 Å². The van der Waals surface area contributed by atoms with Crippen LogP contribution in [0.3, 0.4) is 0 Å². The van der Waals surface area contributed by atoms with Crippen LogP contribution >= 0.6 is 11.3 Å². The van der Waals surface area contributed by atoms with Gasteiger partial charge in [0.1, 0.15) is 0 Å². The summed E-state index contributed by atoms with van der Waals surface area (Å²) < 4.78 is 26.5. The first-order chi connectivity index (χ1) is 8.59. The average Bonchev–Trinajstić information content (AvgIpc) is 2.97. The lowest BCUT2D eigenvalue weighted by molar-refractivity contribution is 0.282. The van der Waals surface area contributed by atoms with Crippen LogP contribution in [0, 0.1) is 5.92 Å². The Balaban J connectivity index is 2.18. The van der Waals surface area contributed by atoms with Gasteiger partial charge in [0.2, 0.25) is 10.0 Å². The topological polar surface area (TPSA) is 57.6 Å². The lowest BCUT2D eigenvalue weighted by Gasteiger charge is -2.16. The van der Waals surface area contributed by atoms with Gasteiger partial charge in [0, 0.05) is 18.0 Å². The molecule has 0 spiro atoms. The molecule has 1 unspecified atom stereocenters. The first-order valence-corrected chi connectivity index (χ1v) is 8.59. The minimum absolute atomic E-state index is 0.210. The SMILES string of the molecule is CCCC1CCN(S(=O)(=O)c2ccsc2CO)C1. The molecule has 0 bridgehead atoms. The molecule has 102 valence electrons. The molecule has 18 heavy (non-hydrogen) atoms. The summed E-state index contributed by atoms with van der Waals surface area (Å²) in [5, 5.41) is 10.9. The molecule has 1 fully saturated rings. The fourth-order valence-electron chi connectivity index (χ4n) is 2.47. The van der Waals surface area contributed by atoms with Gasteiger partial charge in [-0.15, -0.1) is 11.3 Å². The van der Waals surface area contributed by atoms with Crippen molar-refractivity contribution in [2.24, 2.45) is 5.92 Å². The highest BCUT2D eigenvalue weighted by Gasteiger charge is 2.33. The predicted octanol–water partition coefficient (Wildman–Crippen LogP) is 2.05. The van der Waals surface area contributed by atoms with Gasteiger partial charge in [-0.2, -0.15) is 4.31 Å². The fraction of sp³-hybridized carbons (Fsp3) is 0.667. The molecule has 1 atom stereocenters. The Labute approximate surface area is 112 Å². The summed E-state index contributed by atoms with van der Waals surface area (Å²) >= 11 is 1.29. The third kappa shape index (κ3) is 2.61. The van der Waals surface area contributed by atoms with E-state index in [1.165, 1.54) is 11.3 Å². The number of hydrogen-bond acceptors (Lipinski definition) is 4. The van der Waals surface area contributed by atoms with E-state index >= 15 is 0 Å². The van der Waals surface area contributed by atoms with Crippen molar-refractivity contribution in [3.8, 4) is 0 Å². The van der Waals surface area contributed by atoms with Crippen LogP contribution in [0.25, 0.3) is 0 Å². The zero-order valence-corrected chi connectivity index (χ0v) is 12.1.